The highest BCUT2D eigenvalue weighted by molar-refractivity contribution is 7.99. The van der Waals surface area contributed by atoms with Crippen molar-refractivity contribution in [2.24, 2.45) is 0 Å². The smallest absolute Gasteiger partial charge is 0.127 e. The normalized spacial score (nSPS) is 19.1. The lowest BCUT2D eigenvalue weighted by atomic mass is 10.0. The number of hydrogen-bond donors (Lipinski definition) is 1. The molecule has 4 heteroatoms. The molecule has 21 heavy (non-hydrogen) atoms. The van der Waals surface area contributed by atoms with Gasteiger partial charge in [-0.3, -0.25) is 0 Å². The topological polar surface area (TPSA) is 12.0 Å². The second kappa shape index (κ2) is 6.39. The Morgan fingerprint density at radius 2 is 2.10 bits per heavy atom. The molecule has 0 radical (unpaired) electrons. The molecule has 1 aliphatic heterocycles. The zero-order chi connectivity index (χ0) is 14.8. The Balaban J connectivity index is 1.83. The molecule has 1 heterocycles. The van der Waals surface area contributed by atoms with E-state index < -0.39 is 0 Å². The van der Waals surface area contributed by atoms with Crippen molar-refractivity contribution in [2.75, 3.05) is 5.75 Å². The summed E-state index contributed by atoms with van der Waals surface area (Å²) in [5.74, 6) is 0.907. The lowest BCUT2D eigenvalue weighted by Gasteiger charge is -2.29. The van der Waals surface area contributed by atoms with Gasteiger partial charge in [-0.05, 0) is 48.9 Å². The van der Waals surface area contributed by atoms with Crippen LogP contribution in [0.25, 0.3) is 0 Å². The predicted molar refractivity (Wildman–Crippen MR) is 87.5 cm³/mol. The molecule has 0 fully saturated rings. The number of fused-ring (bicyclic) bond motifs is 1. The van der Waals surface area contributed by atoms with Crippen molar-refractivity contribution in [1.82, 2.24) is 5.32 Å². The van der Waals surface area contributed by atoms with Crippen LogP contribution in [0.1, 0.15) is 36.6 Å². The molecule has 0 saturated heterocycles. The molecule has 0 aromatic heterocycles. The van der Waals surface area contributed by atoms with Gasteiger partial charge in [0.2, 0.25) is 0 Å². The Hall–Kier alpha value is -1.03. The fourth-order valence-electron chi connectivity index (χ4n) is 2.76. The molecule has 2 atom stereocenters. The third-order valence-electron chi connectivity index (χ3n) is 3.83. The number of halogens is 2. The largest absolute Gasteiger partial charge is 0.303 e. The molecule has 0 spiro atoms. The molecule has 2 aromatic rings. The molecule has 2 aromatic carbocycles. The summed E-state index contributed by atoms with van der Waals surface area (Å²) in [6.07, 6.45) is 1.02. The van der Waals surface area contributed by atoms with E-state index in [1.54, 1.807) is 6.07 Å². The van der Waals surface area contributed by atoms with Gasteiger partial charge >= 0.3 is 0 Å². The van der Waals surface area contributed by atoms with Crippen molar-refractivity contribution in [3.63, 3.8) is 0 Å². The van der Waals surface area contributed by atoms with Gasteiger partial charge in [0, 0.05) is 27.6 Å². The summed E-state index contributed by atoms with van der Waals surface area (Å²) in [7, 11) is 0. The number of rotatable bonds is 3. The van der Waals surface area contributed by atoms with E-state index >= 15 is 0 Å². The van der Waals surface area contributed by atoms with Crippen LogP contribution < -0.4 is 5.32 Å². The maximum atomic E-state index is 13.9. The Kier molecular flexibility index (Phi) is 4.53. The van der Waals surface area contributed by atoms with Gasteiger partial charge in [-0.1, -0.05) is 29.8 Å². The summed E-state index contributed by atoms with van der Waals surface area (Å²) in [5, 5.41) is 4.30. The third-order valence-corrected chi connectivity index (χ3v) is 5.19. The molecule has 1 N–H and O–H groups in total. The van der Waals surface area contributed by atoms with Crippen molar-refractivity contribution < 1.29 is 4.39 Å². The summed E-state index contributed by atoms with van der Waals surface area (Å²) in [5.41, 5.74) is 1.93. The fourth-order valence-corrected chi connectivity index (χ4v) is 4.04. The number of hydrogen-bond acceptors (Lipinski definition) is 2. The first kappa shape index (κ1) is 14.9. The van der Waals surface area contributed by atoms with Gasteiger partial charge in [0.15, 0.2) is 0 Å². The zero-order valence-corrected chi connectivity index (χ0v) is 13.3. The highest BCUT2D eigenvalue weighted by Gasteiger charge is 2.23. The molecule has 0 bridgehead atoms. The summed E-state index contributed by atoms with van der Waals surface area (Å²) < 4.78 is 13.9. The summed E-state index contributed by atoms with van der Waals surface area (Å²) in [6, 6.07) is 13.1. The maximum Gasteiger partial charge on any atom is 0.127 e. The van der Waals surface area contributed by atoms with Gasteiger partial charge in [-0.15, -0.1) is 11.8 Å². The molecule has 110 valence electrons. The highest BCUT2D eigenvalue weighted by atomic mass is 35.5. The van der Waals surface area contributed by atoms with Gasteiger partial charge in [-0.25, -0.2) is 4.39 Å². The van der Waals surface area contributed by atoms with Gasteiger partial charge in [-0.2, -0.15) is 0 Å². The first-order valence-electron chi connectivity index (χ1n) is 7.08. The summed E-state index contributed by atoms with van der Waals surface area (Å²) in [4.78, 5) is 1.27. The number of thioether (sulfide) groups is 1. The van der Waals surface area contributed by atoms with Crippen molar-refractivity contribution in [1.29, 1.82) is 0 Å². The quantitative estimate of drug-likeness (QED) is 0.816. The van der Waals surface area contributed by atoms with E-state index in [4.69, 9.17) is 11.6 Å². The minimum Gasteiger partial charge on any atom is -0.303 e. The summed E-state index contributed by atoms with van der Waals surface area (Å²) in [6.45, 7) is 2.00. The van der Waals surface area contributed by atoms with Crippen molar-refractivity contribution in [3.8, 4) is 0 Å². The molecule has 1 nitrogen and oxygen atoms in total. The lowest BCUT2D eigenvalue weighted by Crippen LogP contribution is -2.27. The second-order valence-electron chi connectivity index (χ2n) is 5.28. The lowest BCUT2D eigenvalue weighted by molar-refractivity contribution is 0.437. The van der Waals surface area contributed by atoms with E-state index in [2.05, 4.69) is 11.4 Å². The van der Waals surface area contributed by atoms with E-state index in [1.165, 1.54) is 16.5 Å². The van der Waals surface area contributed by atoms with Gasteiger partial charge in [0.25, 0.3) is 0 Å². The second-order valence-corrected chi connectivity index (χ2v) is 6.85. The highest BCUT2D eigenvalue weighted by Crippen LogP contribution is 2.38. The molecule has 0 saturated carbocycles. The first-order chi connectivity index (χ1) is 10.1. The molecule has 0 aliphatic carbocycles. The molecule has 0 amide bonds. The molecule has 2 unspecified atom stereocenters. The van der Waals surface area contributed by atoms with E-state index in [0.29, 0.717) is 5.56 Å². The molecule has 1 aliphatic rings. The minimum atomic E-state index is -0.158. The zero-order valence-electron chi connectivity index (χ0n) is 11.8. The monoisotopic (exact) mass is 321 g/mol. The average Bonchev–Trinajstić information content (AvgIpc) is 2.48. The van der Waals surface area contributed by atoms with Gasteiger partial charge < -0.3 is 5.32 Å². The Labute approximate surface area is 133 Å². The van der Waals surface area contributed by atoms with E-state index in [1.807, 2.05) is 43.0 Å². The average molecular weight is 322 g/mol. The van der Waals surface area contributed by atoms with Crippen LogP contribution in [-0.4, -0.2) is 5.75 Å². The van der Waals surface area contributed by atoms with E-state index in [0.717, 1.165) is 17.2 Å². The van der Waals surface area contributed by atoms with Gasteiger partial charge in [0.1, 0.15) is 5.82 Å². The molecule has 3 rings (SSSR count). The minimum absolute atomic E-state index is 0.0360. The van der Waals surface area contributed by atoms with Crippen LogP contribution in [-0.2, 0) is 0 Å². The third kappa shape index (κ3) is 3.25. The van der Waals surface area contributed by atoms with Crippen molar-refractivity contribution in [2.45, 2.75) is 30.3 Å². The number of benzene rings is 2. The van der Waals surface area contributed by atoms with Crippen LogP contribution in [0.5, 0.6) is 0 Å². The van der Waals surface area contributed by atoms with Crippen molar-refractivity contribution >= 4 is 23.4 Å². The fraction of sp³-hybridized carbons (Fsp3) is 0.294. The molecular formula is C17H17ClFNS. The van der Waals surface area contributed by atoms with Crippen LogP contribution in [0, 0.1) is 5.82 Å². The molecular weight excluding hydrogens is 305 g/mol. The predicted octanol–water partition coefficient (Wildman–Crippen LogP) is 5.37. The first-order valence-corrected chi connectivity index (χ1v) is 8.44. The Bertz CT molecular complexity index is 646. The van der Waals surface area contributed by atoms with E-state index in [-0.39, 0.29) is 17.9 Å². The maximum absolute atomic E-state index is 13.9. The SMILES string of the molecule is CC(NC1CCSc2ccc(Cl)cc21)c1ccccc1F. The van der Waals surface area contributed by atoms with Crippen LogP contribution in [0.4, 0.5) is 4.39 Å². The van der Waals surface area contributed by atoms with Crippen LogP contribution in [0.15, 0.2) is 47.4 Å². The summed E-state index contributed by atoms with van der Waals surface area (Å²) >= 11 is 7.98. The van der Waals surface area contributed by atoms with E-state index in [9.17, 15) is 4.39 Å². The Morgan fingerprint density at radius 3 is 2.90 bits per heavy atom. The Morgan fingerprint density at radius 1 is 1.29 bits per heavy atom. The van der Waals surface area contributed by atoms with Crippen molar-refractivity contribution in [3.05, 3.63) is 64.4 Å². The number of nitrogens with one attached hydrogen (secondary N) is 1. The van der Waals surface area contributed by atoms with Crippen LogP contribution in [0.3, 0.4) is 0 Å². The standard InChI is InChI=1S/C17H17ClFNS/c1-11(13-4-2-3-5-15(13)19)20-16-8-9-21-17-7-6-12(18)10-14(16)17/h2-7,10-11,16,20H,8-9H2,1H3. The van der Waals surface area contributed by atoms with Gasteiger partial charge in [0.05, 0.1) is 0 Å². The van der Waals surface area contributed by atoms with Crippen LogP contribution >= 0.6 is 23.4 Å². The van der Waals surface area contributed by atoms with Crippen LogP contribution in [0.2, 0.25) is 5.02 Å².